The zero-order valence-corrected chi connectivity index (χ0v) is 17.2. The van der Waals surface area contributed by atoms with E-state index in [1.54, 1.807) is 0 Å². The Morgan fingerprint density at radius 3 is 2.18 bits per heavy atom. The molecule has 28 heavy (non-hydrogen) atoms. The maximum absolute atomic E-state index is 12.1. The molecule has 0 unspecified atom stereocenters. The molecule has 0 radical (unpaired) electrons. The van der Waals surface area contributed by atoms with Crippen molar-refractivity contribution in [2.75, 3.05) is 43.1 Å². The Labute approximate surface area is 167 Å². The number of rotatable bonds is 10. The molecule has 6 nitrogen and oxygen atoms in total. The predicted octanol–water partition coefficient (Wildman–Crippen LogP) is 4.44. The van der Waals surface area contributed by atoms with Gasteiger partial charge in [0.25, 0.3) is 0 Å². The van der Waals surface area contributed by atoms with E-state index >= 15 is 0 Å². The third kappa shape index (κ3) is 6.37. The molecular weight excluding hydrogens is 354 g/mol. The number of carbonyl (C=O) groups excluding carboxylic acids is 1. The third-order valence-electron chi connectivity index (χ3n) is 4.38. The fourth-order valence-electron chi connectivity index (χ4n) is 2.87. The summed E-state index contributed by atoms with van der Waals surface area (Å²) in [4.78, 5) is 14.4. The Morgan fingerprint density at radius 2 is 1.61 bits per heavy atom. The fraction of sp³-hybridized carbons (Fsp3) is 0.409. The second-order valence-electron chi connectivity index (χ2n) is 6.31. The van der Waals surface area contributed by atoms with Gasteiger partial charge in [0.05, 0.1) is 13.2 Å². The van der Waals surface area contributed by atoms with Gasteiger partial charge in [0.15, 0.2) is 0 Å². The largest absolute Gasteiger partial charge is 0.494 e. The molecule has 6 heteroatoms. The molecule has 2 aromatic rings. The molecule has 2 N–H and O–H groups in total. The minimum absolute atomic E-state index is 0.242. The minimum Gasteiger partial charge on any atom is -0.494 e. The first kappa shape index (κ1) is 21.4. The van der Waals surface area contributed by atoms with E-state index in [1.807, 2.05) is 50.2 Å². The monoisotopic (exact) mass is 385 g/mol. The van der Waals surface area contributed by atoms with Gasteiger partial charge in [-0.1, -0.05) is 0 Å². The standard InChI is InChI=1S/C22H31N3O3/c1-5-25(6-2)18-8-13-21(17(4)16-18)24-22(26)23-14-15-28-20-11-9-19(10-12-20)27-7-3/h8-13,16H,5-7,14-15H2,1-4H3,(H2,23,24,26). The van der Waals surface area contributed by atoms with E-state index in [0.717, 1.165) is 41.5 Å². The number of nitrogens with one attached hydrogen (secondary N) is 2. The molecule has 2 rings (SSSR count). The van der Waals surface area contributed by atoms with Crippen molar-refractivity contribution >= 4 is 17.4 Å². The lowest BCUT2D eigenvalue weighted by molar-refractivity contribution is 0.247. The topological polar surface area (TPSA) is 62.8 Å². The number of hydrogen-bond acceptors (Lipinski definition) is 4. The number of urea groups is 1. The van der Waals surface area contributed by atoms with Crippen molar-refractivity contribution in [1.82, 2.24) is 5.32 Å². The first-order valence-electron chi connectivity index (χ1n) is 9.83. The van der Waals surface area contributed by atoms with Crippen LogP contribution in [0, 0.1) is 6.92 Å². The smallest absolute Gasteiger partial charge is 0.319 e. The van der Waals surface area contributed by atoms with Crippen LogP contribution in [0.3, 0.4) is 0 Å². The van der Waals surface area contributed by atoms with Gasteiger partial charge in [-0.25, -0.2) is 4.79 Å². The van der Waals surface area contributed by atoms with E-state index in [1.165, 1.54) is 0 Å². The Hall–Kier alpha value is -2.89. The molecule has 0 aliphatic rings. The van der Waals surface area contributed by atoms with Crippen molar-refractivity contribution in [1.29, 1.82) is 0 Å². The van der Waals surface area contributed by atoms with Crippen LogP contribution in [-0.4, -0.2) is 38.9 Å². The number of aryl methyl sites for hydroxylation is 1. The second kappa shape index (κ2) is 11.1. The summed E-state index contributed by atoms with van der Waals surface area (Å²) in [6.45, 7) is 11.6. The zero-order chi connectivity index (χ0) is 20.4. The van der Waals surface area contributed by atoms with Crippen molar-refractivity contribution in [2.24, 2.45) is 0 Å². The molecule has 152 valence electrons. The first-order chi connectivity index (χ1) is 13.6. The normalized spacial score (nSPS) is 10.3. The summed E-state index contributed by atoms with van der Waals surface area (Å²) < 4.78 is 11.0. The van der Waals surface area contributed by atoms with E-state index in [0.29, 0.717) is 19.8 Å². The summed E-state index contributed by atoms with van der Waals surface area (Å²) in [5.41, 5.74) is 3.00. The van der Waals surface area contributed by atoms with Crippen LogP contribution in [0.5, 0.6) is 11.5 Å². The van der Waals surface area contributed by atoms with Gasteiger partial charge < -0.3 is 25.0 Å². The van der Waals surface area contributed by atoms with Gasteiger partial charge in [0.1, 0.15) is 18.1 Å². The van der Waals surface area contributed by atoms with Crippen LogP contribution < -0.4 is 25.0 Å². The van der Waals surface area contributed by atoms with Crippen LogP contribution in [0.4, 0.5) is 16.2 Å². The van der Waals surface area contributed by atoms with Crippen molar-refractivity contribution in [3.8, 4) is 11.5 Å². The van der Waals surface area contributed by atoms with E-state index < -0.39 is 0 Å². The molecule has 0 saturated carbocycles. The summed E-state index contributed by atoms with van der Waals surface area (Å²) in [6, 6.07) is 13.3. The molecule has 0 heterocycles. The van der Waals surface area contributed by atoms with Crippen LogP contribution in [-0.2, 0) is 0 Å². The summed E-state index contributed by atoms with van der Waals surface area (Å²) in [5, 5.41) is 5.70. The summed E-state index contributed by atoms with van der Waals surface area (Å²) >= 11 is 0. The van der Waals surface area contributed by atoms with E-state index in [2.05, 4.69) is 35.4 Å². The van der Waals surface area contributed by atoms with Gasteiger partial charge in [0, 0.05) is 24.5 Å². The fourth-order valence-corrected chi connectivity index (χ4v) is 2.87. The third-order valence-corrected chi connectivity index (χ3v) is 4.38. The number of hydrogen-bond donors (Lipinski definition) is 2. The van der Waals surface area contributed by atoms with Gasteiger partial charge in [0.2, 0.25) is 0 Å². The van der Waals surface area contributed by atoms with Crippen LogP contribution in [0.2, 0.25) is 0 Å². The molecule has 2 amide bonds. The highest BCUT2D eigenvalue weighted by Crippen LogP contribution is 2.22. The molecule has 0 bridgehead atoms. The molecule has 0 aliphatic carbocycles. The van der Waals surface area contributed by atoms with Gasteiger partial charge in [-0.05, 0) is 75.7 Å². The van der Waals surface area contributed by atoms with Crippen molar-refractivity contribution in [3.05, 3.63) is 48.0 Å². The van der Waals surface area contributed by atoms with Gasteiger partial charge in [-0.2, -0.15) is 0 Å². The first-order valence-corrected chi connectivity index (χ1v) is 9.83. The molecule has 0 fully saturated rings. The van der Waals surface area contributed by atoms with Crippen molar-refractivity contribution < 1.29 is 14.3 Å². The Kier molecular flexibility index (Phi) is 8.46. The summed E-state index contributed by atoms with van der Waals surface area (Å²) in [6.07, 6.45) is 0. The van der Waals surface area contributed by atoms with Crippen molar-refractivity contribution in [2.45, 2.75) is 27.7 Å². The maximum atomic E-state index is 12.1. The van der Waals surface area contributed by atoms with Crippen LogP contribution >= 0.6 is 0 Å². The molecular formula is C22H31N3O3. The number of ether oxygens (including phenoxy) is 2. The van der Waals surface area contributed by atoms with E-state index in [-0.39, 0.29) is 6.03 Å². The number of carbonyl (C=O) groups is 1. The quantitative estimate of drug-likeness (QED) is 0.594. The van der Waals surface area contributed by atoms with Gasteiger partial charge in [-0.15, -0.1) is 0 Å². The van der Waals surface area contributed by atoms with Crippen LogP contribution in [0.25, 0.3) is 0 Å². The van der Waals surface area contributed by atoms with Crippen molar-refractivity contribution in [3.63, 3.8) is 0 Å². The molecule has 0 spiro atoms. The van der Waals surface area contributed by atoms with E-state index in [4.69, 9.17) is 9.47 Å². The lowest BCUT2D eigenvalue weighted by atomic mass is 10.1. The van der Waals surface area contributed by atoms with Crippen LogP contribution in [0.1, 0.15) is 26.3 Å². The predicted molar refractivity (Wildman–Crippen MR) is 115 cm³/mol. The average molecular weight is 386 g/mol. The number of benzene rings is 2. The van der Waals surface area contributed by atoms with Gasteiger partial charge >= 0.3 is 6.03 Å². The highest BCUT2D eigenvalue weighted by Gasteiger charge is 2.07. The molecule has 0 aromatic heterocycles. The average Bonchev–Trinajstić information content (AvgIpc) is 2.70. The molecule has 0 aliphatic heterocycles. The Morgan fingerprint density at radius 1 is 0.964 bits per heavy atom. The minimum atomic E-state index is -0.242. The maximum Gasteiger partial charge on any atom is 0.319 e. The molecule has 0 atom stereocenters. The lowest BCUT2D eigenvalue weighted by Crippen LogP contribution is -2.32. The Balaban J connectivity index is 1.76. The second-order valence-corrected chi connectivity index (χ2v) is 6.31. The molecule has 2 aromatic carbocycles. The number of anilines is 2. The van der Waals surface area contributed by atoms with E-state index in [9.17, 15) is 4.79 Å². The Bertz CT molecular complexity index is 743. The SMILES string of the molecule is CCOc1ccc(OCCNC(=O)Nc2ccc(N(CC)CC)cc2C)cc1. The highest BCUT2D eigenvalue weighted by atomic mass is 16.5. The highest BCUT2D eigenvalue weighted by molar-refractivity contribution is 5.90. The summed E-state index contributed by atoms with van der Waals surface area (Å²) in [5.74, 6) is 1.56. The number of nitrogens with zero attached hydrogens (tertiary/aromatic N) is 1. The lowest BCUT2D eigenvalue weighted by Gasteiger charge is -2.22. The number of amides is 2. The van der Waals surface area contributed by atoms with Crippen LogP contribution in [0.15, 0.2) is 42.5 Å². The van der Waals surface area contributed by atoms with Gasteiger partial charge in [-0.3, -0.25) is 0 Å². The zero-order valence-electron chi connectivity index (χ0n) is 17.2. The summed E-state index contributed by atoms with van der Waals surface area (Å²) in [7, 11) is 0. The molecule has 0 saturated heterocycles.